The van der Waals surface area contributed by atoms with Crippen LogP contribution in [0.1, 0.15) is 18.1 Å². The van der Waals surface area contributed by atoms with Gasteiger partial charge in [0, 0.05) is 11.6 Å². The number of benzene rings is 1. The van der Waals surface area contributed by atoms with Crippen molar-refractivity contribution in [3.05, 3.63) is 39.4 Å². The molecule has 0 aliphatic carbocycles. The Hall–Kier alpha value is -1.56. The fourth-order valence-corrected chi connectivity index (χ4v) is 1.55. The Morgan fingerprint density at radius 3 is 2.53 bits per heavy atom. The highest BCUT2D eigenvalue weighted by molar-refractivity contribution is 5.42. The van der Waals surface area contributed by atoms with Crippen LogP contribution in [-0.2, 0) is 6.42 Å². The molecule has 0 amide bonds. The number of alkyl halides is 2. The normalized spacial score (nSPS) is 14.7. The van der Waals surface area contributed by atoms with Gasteiger partial charge in [-0.05, 0) is 31.9 Å². The van der Waals surface area contributed by atoms with Crippen LogP contribution in [0.25, 0.3) is 0 Å². The minimum atomic E-state index is -2.64. The minimum Gasteiger partial charge on any atom is -0.320 e. The predicted octanol–water partition coefficient (Wildman–Crippen LogP) is 2.43. The summed E-state index contributed by atoms with van der Waals surface area (Å²) in [4.78, 5) is 10.1. The number of nitrogens with two attached hydrogens (primary N) is 1. The Balaban J connectivity index is 2.96. The average Bonchev–Trinajstić information content (AvgIpc) is 2.15. The molecule has 0 fully saturated rings. The Kier molecular flexibility index (Phi) is 3.77. The average molecular weight is 244 g/mol. The second kappa shape index (κ2) is 4.75. The van der Waals surface area contributed by atoms with Crippen molar-refractivity contribution in [2.75, 3.05) is 0 Å². The lowest BCUT2D eigenvalue weighted by atomic mass is 9.93. The van der Waals surface area contributed by atoms with E-state index in [1.165, 1.54) is 25.1 Å². The van der Waals surface area contributed by atoms with Crippen LogP contribution in [0.3, 0.4) is 0 Å². The molecule has 1 rings (SSSR count). The molecular weight excluding hydrogens is 230 g/mol. The van der Waals surface area contributed by atoms with Crippen LogP contribution >= 0.6 is 0 Å². The van der Waals surface area contributed by atoms with E-state index < -0.39 is 16.9 Å². The van der Waals surface area contributed by atoms with Crippen molar-refractivity contribution in [2.45, 2.75) is 32.2 Å². The van der Waals surface area contributed by atoms with Gasteiger partial charge in [0.2, 0.25) is 0 Å². The Labute approximate surface area is 97.6 Å². The van der Waals surface area contributed by atoms with Crippen molar-refractivity contribution in [2.24, 2.45) is 5.73 Å². The highest BCUT2D eigenvalue weighted by atomic mass is 19.3. The highest BCUT2D eigenvalue weighted by Crippen LogP contribution is 2.23. The van der Waals surface area contributed by atoms with Crippen LogP contribution in [0.5, 0.6) is 0 Å². The number of aryl methyl sites for hydroxylation is 1. The lowest BCUT2D eigenvalue weighted by Gasteiger charge is -2.23. The van der Waals surface area contributed by atoms with Crippen LogP contribution in [0, 0.1) is 17.0 Å². The highest BCUT2D eigenvalue weighted by Gasteiger charge is 2.30. The molecule has 0 radical (unpaired) electrons. The molecular formula is C11H14F2N2O2. The van der Waals surface area contributed by atoms with Crippen molar-refractivity contribution < 1.29 is 13.7 Å². The van der Waals surface area contributed by atoms with Crippen LogP contribution in [0.4, 0.5) is 14.5 Å². The first-order valence-electron chi connectivity index (χ1n) is 5.05. The first-order valence-corrected chi connectivity index (χ1v) is 5.05. The van der Waals surface area contributed by atoms with Gasteiger partial charge < -0.3 is 5.73 Å². The number of hydrogen-bond acceptors (Lipinski definition) is 3. The standard InChI is InChI=1S/C11H14F2N2O2/c1-7-5-8(3-4-9(7)15(16)17)6-11(2,14)10(12)13/h3-5,10H,6,14H2,1-2H3. The second-order valence-corrected chi connectivity index (χ2v) is 4.36. The fourth-order valence-electron chi connectivity index (χ4n) is 1.55. The van der Waals surface area contributed by atoms with Gasteiger partial charge in [-0.15, -0.1) is 0 Å². The van der Waals surface area contributed by atoms with Gasteiger partial charge in [0.05, 0.1) is 10.5 Å². The van der Waals surface area contributed by atoms with Crippen molar-refractivity contribution >= 4 is 5.69 Å². The molecule has 1 aromatic rings. The lowest BCUT2D eigenvalue weighted by molar-refractivity contribution is -0.385. The minimum absolute atomic E-state index is 0.0236. The zero-order chi connectivity index (χ0) is 13.2. The van der Waals surface area contributed by atoms with E-state index in [4.69, 9.17) is 5.73 Å². The maximum atomic E-state index is 12.6. The van der Waals surface area contributed by atoms with E-state index >= 15 is 0 Å². The van der Waals surface area contributed by atoms with Crippen LogP contribution in [0.15, 0.2) is 18.2 Å². The summed E-state index contributed by atoms with van der Waals surface area (Å²) in [6, 6.07) is 4.29. The number of hydrogen-bond donors (Lipinski definition) is 1. The van der Waals surface area contributed by atoms with Gasteiger partial charge in [0.15, 0.2) is 0 Å². The van der Waals surface area contributed by atoms with Gasteiger partial charge in [-0.1, -0.05) is 6.07 Å². The SMILES string of the molecule is Cc1cc(CC(C)(N)C(F)F)ccc1[N+](=O)[O-]. The Bertz CT molecular complexity index is 433. The van der Waals surface area contributed by atoms with Crippen molar-refractivity contribution in [1.82, 2.24) is 0 Å². The third kappa shape index (κ3) is 3.20. The first kappa shape index (κ1) is 13.5. The molecule has 1 atom stereocenters. The number of rotatable bonds is 4. The molecule has 0 saturated heterocycles. The summed E-state index contributed by atoms with van der Waals surface area (Å²) in [5, 5.41) is 10.6. The number of nitrogens with zero attached hydrogens (tertiary/aromatic N) is 1. The van der Waals surface area contributed by atoms with Crippen LogP contribution in [-0.4, -0.2) is 16.9 Å². The lowest BCUT2D eigenvalue weighted by Crippen LogP contribution is -2.45. The van der Waals surface area contributed by atoms with E-state index in [2.05, 4.69) is 0 Å². The van der Waals surface area contributed by atoms with E-state index in [-0.39, 0.29) is 12.1 Å². The molecule has 0 bridgehead atoms. The molecule has 1 unspecified atom stereocenters. The third-order valence-electron chi connectivity index (χ3n) is 2.54. The molecule has 17 heavy (non-hydrogen) atoms. The zero-order valence-electron chi connectivity index (χ0n) is 9.61. The predicted molar refractivity (Wildman–Crippen MR) is 60.1 cm³/mol. The van der Waals surface area contributed by atoms with E-state index in [0.29, 0.717) is 11.1 Å². The van der Waals surface area contributed by atoms with Gasteiger partial charge in [0.25, 0.3) is 12.1 Å². The number of halogens is 2. The zero-order valence-corrected chi connectivity index (χ0v) is 9.61. The summed E-state index contributed by atoms with van der Waals surface area (Å²) in [7, 11) is 0. The van der Waals surface area contributed by atoms with Gasteiger partial charge in [0.1, 0.15) is 0 Å². The molecule has 6 heteroatoms. The maximum absolute atomic E-state index is 12.6. The topological polar surface area (TPSA) is 69.2 Å². The Morgan fingerprint density at radius 1 is 1.53 bits per heavy atom. The van der Waals surface area contributed by atoms with Crippen molar-refractivity contribution in [1.29, 1.82) is 0 Å². The first-order chi connectivity index (χ1) is 7.74. The molecule has 4 nitrogen and oxygen atoms in total. The number of nitro benzene ring substituents is 1. The van der Waals surface area contributed by atoms with Gasteiger partial charge in [-0.25, -0.2) is 8.78 Å². The monoisotopic (exact) mass is 244 g/mol. The number of nitro groups is 1. The molecule has 0 aromatic heterocycles. The largest absolute Gasteiger partial charge is 0.320 e. The molecule has 0 aliphatic heterocycles. The van der Waals surface area contributed by atoms with E-state index in [1.54, 1.807) is 6.92 Å². The maximum Gasteiger partial charge on any atom is 0.272 e. The molecule has 0 heterocycles. The van der Waals surface area contributed by atoms with Gasteiger partial charge in [-0.2, -0.15) is 0 Å². The quantitative estimate of drug-likeness (QED) is 0.653. The van der Waals surface area contributed by atoms with Gasteiger partial charge in [-0.3, -0.25) is 10.1 Å². The molecule has 0 saturated carbocycles. The third-order valence-corrected chi connectivity index (χ3v) is 2.54. The molecule has 1 aromatic carbocycles. The fraction of sp³-hybridized carbons (Fsp3) is 0.455. The molecule has 94 valence electrons. The van der Waals surface area contributed by atoms with E-state index in [9.17, 15) is 18.9 Å². The second-order valence-electron chi connectivity index (χ2n) is 4.36. The van der Waals surface area contributed by atoms with Crippen molar-refractivity contribution in [3.63, 3.8) is 0 Å². The van der Waals surface area contributed by atoms with Crippen LogP contribution in [0.2, 0.25) is 0 Å². The molecule has 2 N–H and O–H groups in total. The van der Waals surface area contributed by atoms with Gasteiger partial charge >= 0.3 is 0 Å². The Morgan fingerprint density at radius 2 is 2.12 bits per heavy atom. The van der Waals surface area contributed by atoms with Crippen molar-refractivity contribution in [3.8, 4) is 0 Å². The summed E-state index contributed by atoms with van der Waals surface area (Å²) in [5.74, 6) is 0. The summed E-state index contributed by atoms with van der Waals surface area (Å²) in [6.45, 7) is 2.83. The van der Waals surface area contributed by atoms with E-state index in [1.807, 2.05) is 0 Å². The summed E-state index contributed by atoms with van der Waals surface area (Å²) in [5.41, 5.74) is 4.82. The van der Waals surface area contributed by atoms with Crippen LogP contribution < -0.4 is 5.73 Å². The summed E-state index contributed by atoms with van der Waals surface area (Å²) >= 11 is 0. The molecule has 0 spiro atoms. The summed E-state index contributed by atoms with van der Waals surface area (Å²) < 4.78 is 25.1. The smallest absolute Gasteiger partial charge is 0.272 e. The van der Waals surface area contributed by atoms with E-state index in [0.717, 1.165) is 0 Å². The molecule has 0 aliphatic rings. The summed E-state index contributed by atoms with van der Waals surface area (Å²) in [6.07, 6.45) is -2.67.